The second-order valence-corrected chi connectivity index (χ2v) is 4.59. The van der Waals surface area contributed by atoms with E-state index in [9.17, 15) is 9.18 Å². The SMILES string of the molecule is CN(C(=O)c1cccc2[nH]ccc12)c1ccc(F)cc1. The van der Waals surface area contributed by atoms with Crippen molar-refractivity contribution in [3.63, 3.8) is 0 Å². The third kappa shape index (κ3) is 2.05. The van der Waals surface area contributed by atoms with Gasteiger partial charge in [0.05, 0.1) is 0 Å². The fourth-order valence-corrected chi connectivity index (χ4v) is 2.23. The summed E-state index contributed by atoms with van der Waals surface area (Å²) in [4.78, 5) is 17.2. The van der Waals surface area contributed by atoms with Gasteiger partial charge in [0, 0.05) is 35.4 Å². The first-order valence-electron chi connectivity index (χ1n) is 6.26. The molecule has 0 spiro atoms. The number of nitrogens with one attached hydrogen (secondary N) is 1. The van der Waals surface area contributed by atoms with Gasteiger partial charge >= 0.3 is 0 Å². The Labute approximate surface area is 115 Å². The number of H-pyrrole nitrogens is 1. The molecule has 0 saturated carbocycles. The molecule has 0 fully saturated rings. The van der Waals surface area contributed by atoms with Crippen LogP contribution >= 0.6 is 0 Å². The number of aromatic amines is 1. The van der Waals surface area contributed by atoms with Crippen LogP contribution in [0.3, 0.4) is 0 Å². The summed E-state index contributed by atoms with van der Waals surface area (Å²) < 4.78 is 12.9. The molecule has 0 radical (unpaired) electrons. The first kappa shape index (κ1) is 12.4. The van der Waals surface area contributed by atoms with Crippen LogP contribution in [0.4, 0.5) is 10.1 Å². The number of amides is 1. The molecular formula is C16H13FN2O. The molecule has 20 heavy (non-hydrogen) atoms. The van der Waals surface area contributed by atoms with Crippen LogP contribution in [0.5, 0.6) is 0 Å². The van der Waals surface area contributed by atoms with Crippen molar-refractivity contribution in [3.05, 3.63) is 66.1 Å². The van der Waals surface area contributed by atoms with Crippen LogP contribution in [0.15, 0.2) is 54.7 Å². The van der Waals surface area contributed by atoms with Crippen LogP contribution in [0.25, 0.3) is 10.9 Å². The Morgan fingerprint density at radius 1 is 1.10 bits per heavy atom. The van der Waals surface area contributed by atoms with Crippen molar-refractivity contribution in [2.75, 3.05) is 11.9 Å². The summed E-state index contributed by atoms with van der Waals surface area (Å²) in [6.07, 6.45) is 1.80. The van der Waals surface area contributed by atoms with Gasteiger partial charge < -0.3 is 9.88 Å². The standard InChI is InChI=1S/C16H13FN2O/c1-19(12-7-5-11(17)6-8-12)16(20)14-3-2-4-15-13(14)9-10-18-15/h2-10,18H,1H3. The fourth-order valence-electron chi connectivity index (χ4n) is 2.23. The van der Waals surface area contributed by atoms with Crippen molar-refractivity contribution in [2.24, 2.45) is 0 Å². The lowest BCUT2D eigenvalue weighted by atomic mass is 10.1. The molecule has 1 heterocycles. The van der Waals surface area contributed by atoms with E-state index in [0.717, 1.165) is 10.9 Å². The molecule has 4 heteroatoms. The first-order chi connectivity index (χ1) is 9.66. The molecule has 0 aliphatic rings. The maximum absolute atomic E-state index is 12.9. The summed E-state index contributed by atoms with van der Waals surface area (Å²) in [5.41, 5.74) is 2.20. The molecule has 3 rings (SSSR count). The van der Waals surface area contributed by atoms with Crippen molar-refractivity contribution < 1.29 is 9.18 Å². The number of fused-ring (bicyclic) bond motifs is 1. The van der Waals surface area contributed by atoms with Gasteiger partial charge in [0.15, 0.2) is 0 Å². The zero-order chi connectivity index (χ0) is 14.1. The molecule has 3 nitrogen and oxygen atoms in total. The highest BCUT2D eigenvalue weighted by molar-refractivity contribution is 6.13. The number of hydrogen-bond donors (Lipinski definition) is 1. The van der Waals surface area contributed by atoms with Crippen molar-refractivity contribution in [1.82, 2.24) is 4.98 Å². The number of carbonyl (C=O) groups is 1. The predicted octanol–water partition coefficient (Wildman–Crippen LogP) is 3.58. The molecular weight excluding hydrogens is 255 g/mol. The molecule has 0 bridgehead atoms. The number of anilines is 1. The molecule has 0 atom stereocenters. The van der Waals surface area contributed by atoms with Gasteiger partial charge in [-0.2, -0.15) is 0 Å². The average Bonchev–Trinajstić information content (AvgIpc) is 2.95. The highest BCUT2D eigenvalue weighted by Crippen LogP contribution is 2.21. The van der Waals surface area contributed by atoms with Crippen LogP contribution in [-0.2, 0) is 0 Å². The first-order valence-corrected chi connectivity index (χ1v) is 6.26. The van der Waals surface area contributed by atoms with E-state index in [1.165, 1.54) is 17.0 Å². The van der Waals surface area contributed by atoms with E-state index >= 15 is 0 Å². The summed E-state index contributed by atoms with van der Waals surface area (Å²) in [6.45, 7) is 0. The average molecular weight is 268 g/mol. The number of benzene rings is 2. The summed E-state index contributed by atoms with van der Waals surface area (Å²) in [7, 11) is 1.68. The molecule has 1 amide bonds. The minimum absolute atomic E-state index is 0.123. The lowest BCUT2D eigenvalue weighted by Crippen LogP contribution is -2.26. The quantitative estimate of drug-likeness (QED) is 0.757. The topological polar surface area (TPSA) is 36.1 Å². The van der Waals surface area contributed by atoms with Gasteiger partial charge in [-0.05, 0) is 42.5 Å². The molecule has 100 valence electrons. The van der Waals surface area contributed by atoms with Crippen LogP contribution < -0.4 is 4.90 Å². The molecule has 0 saturated heterocycles. The molecule has 2 aromatic carbocycles. The molecule has 0 unspecified atom stereocenters. The van der Waals surface area contributed by atoms with Gasteiger partial charge in [-0.25, -0.2) is 4.39 Å². The van der Waals surface area contributed by atoms with E-state index in [1.54, 1.807) is 31.4 Å². The number of carbonyl (C=O) groups excluding carboxylic acids is 1. The minimum atomic E-state index is -0.317. The molecule has 3 aromatic rings. The number of nitrogens with zero attached hydrogens (tertiary/aromatic N) is 1. The Morgan fingerprint density at radius 2 is 1.85 bits per heavy atom. The Kier molecular flexibility index (Phi) is 2.99. The number of rotatable bonds is 2. The van der Waals surface area contributed by atoms with Crippen LogP contribution in [0, 0.1) is 5.82 Å². The van der Waals surface area contributed by atoms with E-state index < -0.39 is 0 Å². The van der Waals surface area contributed by atoms with E-state index in [-0.39, 0.29) is 11.7 Å². The fraction of sp³-hybridized carbons (Fsp3) is 0.0625. The third-order valence-corrected chi connectivity index (χ3v) is 3.34. The van der Waals surface area contributed by atoms with Crippen LogP contribution in [0.1, 0.15) is 10.4 Å². The van der Waals surface area contributed by atoms with Crippen LogP contribution in [-0.4, -0.2) is 17.9 Å². The number of halogens is 1. The van der Waals surface area contributed by atoms with Crippen molar-refractivity contribution >= 4 is 22.5 Å². The van der Waals surface area contributed by atoms with E-state index in [4.69, 9.17) is 0 Å². The van der Waals surface area contributed by atoms with Gasteiger partial charge in [-0.15, -0.1) is 0 Å². The number of aromatic nitrogens is 1. The van der Waals surface area contributed by atoms with Gasteiger partial charge in [-0.3, -0.25) is 4.79 Å². The minimum Gasteiger partial charge on any atom is -0.361 e. The zero-order valence-corrected chi connectivity index (χ0v) is 10.9. The van der Waals surface area contributed by atoms with Crippen molar-refractivity contribution in [2.45, 2.75) is 0 Å². The van der Waals surface area contributed by atoms with E-state index in [1.807, 2.05) is 18.2 Å². The summed E-state index contributed by atoms with van der Waals surface area (Å²) in [5.74, 6) is -0.441. The Bertz CT molecular complexity index is 762. The van der Waals surface area contributed by atoms with Gasteiger partial charge in [0.2, 0.25) is 0 Å². The van der Waals surface area contributed by atoms with Crippen LogP contribution in [0.2, 0.25) is 0 Å². The van der Waals surface area contributed by atoms with Crippen molar-refractivity contribution in [3.8, 4) is 0 Å². The molecule has 0 aliphatic carbocycles. The largest absolute Gasteiger partial charge is 0.361 e. The molecule has 1 N–H and O–H groups in total. The van der Waals surface area contributed by atoms with E-state index in [0.29, 0.717) is 11.3 Å². The second kappa shape index (κ2) is 4.81. The van der Waals surface area contributed by atoms with Gasteiger partial charge in [0.25, 0.3) is 5.91 Å². The monoisotopic (exact) mass is 268 g/mol. The van der Waals surface area contributed by atoms with Gasteiger partial charge in [-0.1, -0.05) is 6.07 Å². The highest BCUT2D eigenvalue weighted by Gasteiger charge is 2.16. The predicted molar refractivity (Wildman–Crippen MR) is 77.4 cm³/mol. The highest BCUT2D eigenvalue weighted by atomic mass is 19.1. The Morgan fingerprint density at radius 3 is 2.60 bits per heavy atom. The van der Waals surface area contributed by atoms with Crippen molar-refractivity contribution in [1.29, 1.82) is 0 Å². The van der Waals surface area contributed by atoms with E-state index in [2.05, 4.69) is 4.98 Å². The molecule has 1 aromatic heterocycles. The maximum Gasteiger partial charge on any atom is 0.258 e. The zero-order valence-electron chi connectivity index (χ0n) is 10.9. The Balaban J connectivity index is 1.99. The lowest BCUT2D eigenvalue weighted by molar-refractivity contribution is 0.0994. The summed E-state index contributed by atoms with van der Waals surface area (Å²) in [6, 6.07) is 13.3. The normalized spacial score (nSPS) is 10.7. The maximum atomic E-state index is 12.9. The third-order valence-electron chi connectivity index (χ3n) is 3.34. The molecule has 0 aliphatic heterocycles. The number of hydrogen-bond acceptors (Lipinski definition) is 1. The smallest absolute Gasteiger partial charge is 0.258 e. The van der Waals surface area contributed by atoms with Gasteiger partial charge in [0.1, 0.15) is 5.82 Å². The summed E-state index contributed by atoms with van der Waals surface area (Å²) in [5, 5.41) is 0.881. The lowest BCUT2D eigenvalue weighted by Gasteiger charge is -2.17. The Hall–Kier alpha value is -2.62. The second-order valence-electron chi connectivity index (χ2n) is 4.59. The summed E-state index contributed by atoms with van der Waals surface area (Å²) >= 11 is 0.